The zero-order chi connectivity index (χ0) is 13.5. The van der Waals surface area contributed by atoms with Crippen molar-refractivity contribution in [2.24, 2.45) is 47.3 Å². The predicted molar refractivity (Wildman–Crippen MR) is 66.6 cm³/mol. The van der Waals surface area contributed by atoms with Crippen LogP contribution in [0.5, 0.6) is 0 Å². The minimum atomic E-state index is 0.137. The number of carbonyl (C=O) groups is 2. The van der Waals surface area contributed by atoms with Crippen molar-refractivity contribution in [3.8, 4) is 0 Å². The van der Waals surface area contributed by atoms with Crippen LogP contribution < -0.4 is 0 Å². The smallest absolute Gasteiger partial charge is 0.133 e. The number of ether oxygens (including phenoxy) is 2. The molecule has 4 nitrogen and oxygen atoms in total. The zero-order valence-corrected chi connectivity index (χ0v) is 11.6. The van der Waals surface area contributed by atoms with E-state index in [9.17, 15) is 9.59 Å². The number of hydrogen-bond donors (Lipinski definition) is 0. The van der Waals surface area contributed by atoms with Crippen LogP contribution in [0.15, 0.2) is 0 Å². The Morgan fingerprint density at radius 1 is 0.600 bits per heavy atom. The normalized spacial score (nSPS) is 69.5. The van der Waals surface area contributed by atoms with Crippen LogP contribution in [-0.4, -0.2) is 36.0 Å². The lowest BCUT2D eigenvalue weighted by atomic mass is 9.80. The molecule has 0 amide bonds. The van der Waals surface area contributed by atoms with Gasteiger partial charge >= 0.3 is 0 Å². The maximum absolute atomic E-state index is 12.2. The van der Waals surface area contributed by atoms with Crippen molar-refractivity contribution in [3.05, 3.63) is 0 Å². The van der Waals surface area contributed by atoms with Gasteiger partial charge < -0.3 is 9.47 Å². The van der Waals surface area contributed by atoms with Gasteiger partial charge in [-0.3, -0.25) is 9.59 Å². The molecule has 6 aliphatic rings. The number of fused-ring (bicyclic) bond motifs is 6. The van der Waals surface area contributed by atoms with Crippen LogP contribution in [-0.2, 0) is 19.1 Å². The molecule has 0 bridgehead atoms. The summed E-state index contributed by atoms with van der Waals surface area (Å²) in [5, 5.41) is 0. The van der Waals surface area contributed by atoms with Gasteiger partial charge in [0, 0.05) is 35.5 Å². The molecule has 0 aromatic heterocycles. The van der Waals surface area contributed by atoms with Gasteiger partial charge in [0.2, 0.25) is 0 Å². The summed E-state index contributed by atoms with van der Waals surface area (Å²) in [7, 11) is 0. The Balaban J connectivity index is 1.55. The third-order valence-electron chi connectivity index (χ3n) is 7.46. The number of carbonyl (C=O) groups excluding carboxylic acids is 2. The molecule has 6 fully saturated rings. The minimum absolute atomic E-state index is 0.137. The molecule has 20 heavy (non-hydrogen) atoms. The largest absolute Gasteiger partial charge is 0.369 e. The Hall–Kier alpha value is -0.740. The van der Waals surface area contributed by atoms with Gasteiger partial charge in [0.1, 0.15) is 11.6 Å². The third kappa shape index (κ3) is 0.899. The van der Waals surface area contributed by atoms with Crippen LogP contribution in [0.4, 0.5) is 0 Å². The molecule has 0 aromatic carbocycles. The molecular formula is C16H18O4. The molecule has 0 radical (unpaired) electrons. The maximum atomic E-state index is 12.2. The molecule has 4 heteroatoms. The number of hydrogen-bond acceptors (Lipinski definition) is 4. The van der Waals surface area contributed by atoms with Gasteiger partial charge in [0.15, 0.2) is 0 Å². The van der Waals surface area contributed by atoms with Crippen LogP contribution in [0.3, 0.4) is 0 Å². The Labute approximate surface area is 117 Å². The Morgan fingerprint density at radius 2 is 0.900 bits per heavy atom. The van der Waals surface area contributed by atoms with E-state index in [1.165, 1.54) is 0 Å². The molecular weight excluding hydrogens is 256 g/mol. The van der Waals surface area contributed by atoms with E-state index in [0.29, 0.717) is 47.1 Å². The summed E-state index contributed by atoms with van der Waals surface area (Å²) >= 11 is 0. The van der Waals surface area contributed by atoms with Gasteiger partial charge in [-0.1, -0.05) is 0 Å². The fourth-order valence-electron chi connectivity index (χ4n) is 7.30. The monoisotopic (exact) mass is 274 g/mol. The van der Waals surface area contributed by atoms with Crippen molar-refractivity contribution in [2.75, 3.05) is 0 Å². The van der Waals surface area contributed by atoms with Gasteiger partial charge in [0.05, 0.1) is 24.4 Å². The third-order valence-corrected chi connectivity index (χ3v) is 7.46. The lowest BCUT2D eigenvalue weighted by Gasteiger charge is -2.25. The topological polar surface area (TPSA) is 59.2 Å². The molecule has 2 aliphatic heterocycles. The fraction of sp³-hybridized carbons (Fsp3) is 0.875. The van der Waals surface area contributed by atoms with Crippen molar-refractivity contribution >= 4 is 11.6 Å². The van der Waals surface area contributed by atoms with Crippen LogP contribution >= 0.6 is 0 Å². The molecule has 106 valence electrons. The number of epoxide rings is 2. The van der Waals surface area contributed by atoms with E-state index in [-0.39, 0.29) is 36.3 Å². The summed E-state index contributed by atoms with van der Waals surface area (Å²) in [5.41, 5.74) is 0. The molecule has 2 unspecified atom stereocenters. The first kappa shape index (κ1) is 10.9. The summed E-state index contributed by atoms with van der Waals surface area (Å²) in [4.78, 5) is 24.4. The molecule has 4 aliphatic carbocycles. The quantitative estimate of drug-likeness (QED) is 0.695. The van der Waals surface area contributed by atoms with E-state index in [4.69, 9.17) is 9.47 Å². The summed E-state index contributed by atoms with van der Waals surface area (Å²) in [6.07, 6.45) is 1.07. The van der Waals surface area contributed by atoms with Gasteiger partial charge in [-0.25, -0.2) is 0 Å². The summed E-state index contributed by atoms with van der Waals surface area (Å²) < 4.78 is 11.8. The Kier molecular flexibility index (Phi) is 1.59. The van der Waals surface area contributed by atoms with Gasteiger partial charge in [-0.15, -0.1) is 0 Å². The molecule has 6 rings (SSSR count). The summed E-state index contributed by atoms with van der Waals surface area (Å²) in [6.45, 7) is 3.48. The van der Waals surface area contributed by atoms with Crippen molar-refractivity contribution in [2.45, 2.75) is 38.3 Å². The highest BCUT2D eigenvalue weighted by molar-refractivity contribution is 5.83. The minimum Gasteiger partial charge on any atom is -0.369 e. The molecule has 4 saturated carbocycles. The zero-order valence-electron chi connectivity index (χ0n) is 11.6. The number of rotatable bonds is 2. The fourth-order valence-corrected chi connectivity index (χ4v) is 7.30. The van der Waals surface area contributed by atoms with Crippen LogP contribution in [0.1, 0.15) is 13.8 Å². The second kappa shape index (κ2) is 2.91. The lowest BCUT2D eigenvalue weighted by Crippen LogP contribution is -2.31. The van der Waals surface area contributed by atoms with Crippen molar-refractivity contribution in [1.29, 1.82) is 0 Å². The van der Waals surface area contributed by atoms with E-state index in [2.05, 4.69) is 0 Å². The lowest BCUT2D eigenvalue weighted by molar-refractivity contribution is -0.125. The van der Waals surface area contributed by atoms with E-state index in [1.54, 1.807) is 13.8 Å². The van der Waals surface area contributed by atoms with E-state index in [1.807, 2.05) is 0 Å². The first-order chi connectivity index (χ1) is 9.61. The highest BCUT2D eigenvalue weighted by Gasteiger charge is 2.84. The maximum Gasteiger partial charge on any atom is 0.133 e. The Morgan fingerprint density at radius 3 is 1.15 bits per heavy atom. The summed E-state index contributed by atoms with van der Waals surface area (Å²) in [6, 6.07) is 0. The highest BCUT2D eigenvalue weighted by Crippen LogP contribution is 2.78. The first-order valence-electron chi connectivity index (χ1n) is 7.93. The average Bonchev–Trinajstić information content (AvgIpc) is 3.19. The second-order valence-electron chi connectivity index (χ2n) is 7.87. The van der Waals surface area contributed by atoms with Gasteiger partial charge in [-0.05, 0) is 25.7 Å². The Bertz CT molecular complexity index is 489. The van der Waals surface area contributed by atoms with Gasteiger partial charge in [-0.2, -0.15) is 0 Å². The van der Waals surface area contributed by atoms with E-state index >= 15 is 0 Å². The number of ketones is 2. The van der Waals surface area contributed by atoms with E-state index in [0.717, 1.165) is 0 Å². The van der Waals surface area contributed by atoms with Crippen molar-refractivity contribution in [3.63, 3.8) is 0 Å². The SMILES string of the molecule is CC(=O)C1[C@@H]2C3C4[C@H]1[C@H]1O[C@@H]1[C@H]4C(C(C)=O)[C@H]3[C@H]1O[C@H]21. The van der Waals surface area contributed by atoms with Crippen LogP contribution in [0.25, 0.3) is 0 Å². The predicted octanol–water partition coefficient (Wildman–Crippen LogP) is 0.683. The molecule has 2 saturated heterocycles. The first-order valence-corrected chi connectivity index (χ1v) is 7.93. The van der Waals surface area contributed by atoms with Crippen molar-refractivity contribution < 1.29 is 19.1 Å². The van der Waals surface area contributed by atoms with Crippen LogP contribution in [0.2, 0.25) is 0 Å². The van der Waals surface area contributed by atoms with E-state index < -0.39 is 0 Å². The molecule has 10 atom stereocenters. The standard InChI is InChI=1S/C16H18O4/c1-3(17)5-9-7-8-10(5)14-16(20-14)12(8)6(4(2)18)11(7)15-13(9)19-15/h5-16H,1-2H3/t5?,6?,7?,8?,9-,10+,11-,12+,13-,14-,15-,16-/m1/s1. The number of Topliss-reactive ketones (excluding diaryl/α,β-unsaturated/α-hetero) is 2. The van der Waals surface area contributed by atoms with Crippen molar-refractivity contribution in [1.82, 2.24) is 0 Å². The molecule has 0 aromatic rings. The second-order valence-corrected chi connectivity index (χ2v) is 7.87. The summed E-state index contributed by atoms with van der Waals surface area (Å²) in [5.74, 6) is 3.57. The molecule has 0 N–H and O–H groups in total. The highest BCUT2D eigenvalue weighted by atomic mass is 16.6. The van der Waals surface area contributed by atoms with Crippen LogP contribution in [0, 0.1) is 47.3 Å². The average molecular weight is 274 g/mol. The molecule has 2 heterocycles. The van der Waals surface area contributed by atoms with Gasteiger partial charge in [0.25, 0.3) is 0 Å². The molecule has 0 spiro atoms.